The van der Waals surface area contributed by atoms with Crippen LogP contribution in [0.15, 0.2) is 54.6 Å². The third-order valence-corrected chi connectivity index (χ3v) is 3.61. The second kappa shape index (κ2) is 8.52. The van der Waals surface area contributed by atoms with Crippen LogP contribution in [0.2, 0.25) is 0 Å². The number of ether oxygens (including phenoxy) is 1. The maximum atomic E-state index is 12.7. The first-order valence-electron chi connectivity index (χ1n) is 8.64. The van der Waals surface area contributed by atoms with Gasteiger partial charge < -0.3 is 15.4 Å². The molecule has 0 spiro atoms. The standard InChI is InChI=1S/C21H26N2O3/c1-15-10-12-17(13-11-15)22-19(24)18(14-16-8-6-5-7-9-16)23-20(25)26-21(2,3)4/h5-13,18H,14H2,1-4H3,(H,22,24)(H,23,25)/t18-/m0/s1. The van der Waals surface area contributed by atoms with Gasteiger partial charge in [-0.3, -0.25) is 4.79 Å². The molecule has 0 aromatic heterocycles. The molecular formula is C21H26N2O3. The summed E-state index contributed by atoms with van der Waals surface area (Å²) >= 11 is 0. The van der Waals surface area contributed by atoms with Gasteiger partial charge in [0.1, 0.15) is 11.6 Å². The zero-order chi connectivity index (χ0) is 19.2. The Balaban J connectivity index is 2.11. The zero-order valence-corrected chi connectivity index (χ0v) is 15.7. The first-order valence-corrected chi connectivity index (χ1v) is 8.64. The zero-order valence-electron chi connectivity index (χ0n) is 15.7. The van der Waals surface area contributed by atoms with Crippen LogP contribution in [0.4, 0.5) is 10.5 Å². The molecule has 26 heavy (non-hydrogen) atoms. The van der Waals surface area contributed by atoms with E-state index in [-0.39, 0.29) is 5.91 Å². The third-order valence-electron chi connectivity index (χ3n) is 3.61. The number of aryl methyl sites for hydroxylation is 1. The molecular weight excluding hydrogens is 328 g/mol. The summed E-state index contributed by atoms with van der Waals surface area (Å²) in [6, 6.07) is 16.3. The second-order valence-corrected chi connectivity index (χ2v) is 7.24. The van der Waals surface area contributed by atoms with Crippen molar-refractivity contribution in [3.63, 3.8) is 0 Å². The average Bonchev–Trinajstić information content (AvgIpc) is 2.55. The highest BCUT2D eigenvalue weighted by Crippen LogP contribution is 2.12. The monoisotopic (exact) mass is 354 g/mol. The summed E-state index contributed by atoms with van der Waals surface area (Å²) in [5.74, 6) is -0.288. The average molecular weight is 354 g/mol. The molecule has 0 saturated heterocycles. The smallest absolute Gasteiger partial charge is 0.408 e. The fourth-order valence-electron chi connectivity index (χ4n) is 2.38. The van der Waals surface area contributed by atoms with E-state index in [9.17, 15) is 9.59 Å². The van der Waals surface area contributed by atoms with Gasteiger partial charge in [0, 0.05) is 12.1 Å². The Labute approximate surface area is 154 Å². The van der Waals surface area contributed by atoms with E-state index < -0.39 is 17.7 Å². The summed E-state index contributed by atoms with van der Waals surface area (Å²) < 4.78 is 5.29. The van der Waals surface area contributed by atoms with Crippen LogP contribution in [0.25, 0.3) is 0 Å². The van der Waals surface area contributed by atoms with Gasteiger partial charge in [-0.15, -0.1) is 0 Å². The molecule has 2 aromatic rings. The first-order chi connectivity index (χ1) is 12.2. The van der Waals surface area contributed by atoms with E-state index >= 15 is 0 Å². The van der Waals surface area contributed by atoms with Gasteiger partial charge >= 0.3 is 6.09 Å². The lowest BCUT2D eigenvalue weighted by Gasteiger charge is -2.23. The molecule has 5 nitrogen and oxygen atoms in total. The van der Waals surface area contributed by atoms with Gasteiger partial charge in [0.05, 0.1) is 0 Å². The van der Waals surface area contributed by atoms with Gasteiger partial charge in [-0.2, -0.15) is 0 Å². The molecule has 2 rings (SSSR count). The lowest BCUT2D eigenvalue weighted by molar-refractivity contribution is -0.118. The van der Waals surface area contributed by atoms with E-state index in [0.29, 0.717) is 12.1 Å². The van der Waals surface area contributed by atoms with Gasteiger partial charge in [0.2, 0.25) is 5.91 Å². The quantitative estimate of drug-likeness (QED) is 0.850. The molecule has 0 saturated carbocycles. The van der Waals surface area contributed by atoms with Crippen molar-refractivity contribution < 1.29 is 14.3 Å². The SMILES string of the molecule is Cc1ccc(NC(=O)[C@H](Cc2ccccc2)NC(=O)OC(C)(C)C)cc1. The molecule has 2 aromatic carbocycles. The molecule has 2 N–H and O–H groups in total. The normalized spacial score (nSPS) is 12.2. The van der Waals surface area contributed by atoms with E-state index in [2.05, 4.69) is 10.6 Å². The molecule has 0 radical (unpaired) electrons. The number of hydrogen-bond donors (Lipinski definition) is 2. The molecule has 0 aliphatic heterocycles. The van der Waals surface area contributed by atoms with E-state index in [4.69, 9.17) is 4.74 Å². The Hall–Kier alpha value is -2.82. The van der Waals surface area contributed by atoms with Crippen LogP contribution in [-0.4, -0.2) is 23.6 Å². The van der Waals surface area contributed by atoms with Crippen molar-refractivity contribution >= 4 is 17.7 Å². The lowest BCUT2D eigenvalue weighted by Crippen LogP contribution is -2.47. The molecule has 0 aliphatic carbocycles. The number of amides is 2. The van der Waals surface area contributed by atoms with Gasteiger partial charge in [-0.1, -0.05) is 48.0 Å². The minimum Gasteiger partial charge on any atom is -0.444 e. The van der Waals surface area contributed by atoms with E-state index in [1.54, 1.807) is 20.8 Å². The van der Waals surface area contributed by atoms with Gasteiger partial charge in [-0.05, 0) is 45.4 Å². The molecule has 0 heterocycles. The highest BCUT2D eigenvalue weighted by Gasteiger charge is 2.24. The molecule has 5 heteroatoms. The molecule has 0 aliphatic rings. The van der Waals surface area contributed by atoms with Crippen molar-refractivity contribution in [3.05, 3.63) is 65.7 Å². The van der Waals surface area contributed by atoms with Crippen molar-refractivity contribution in [1.29, 1.82) is 0 Å². The maximum Gasteiger partial charge on any atom is 0.408 e. The summed E-state index contributed by atoms with van der Waals surface area (Å²) in [4.78, 5) is 24.9. The van der Waals surface area contributed by atoms with Crippen LogP contribution in [0.5, 0.6) is 0 Å². The van der Waals surface area contributed by atoms with Crippen molar-refractivity contribution in [2.45, 2.75) is 45.8 Å². The second-order valence-electron chi connectivity index (χ2n) is 7.24. The fraction of sp³-hybridized carbons (Fsp3) is 0.333. The van der Waals surface area contributed by atoms with Crippen LogP contribution in [0.3, 0.4) is 0 Å². The van der Waals surface area contributed by atoms with Crippen molar-refractivity contribution in [2.24, 2.45) is 0 Å². The Kier molecular flexibility index (Phi) is 6.39. The van der Waals surface area contributed by atoms with Crippen LogP contribution < -0.4 is 10.6 Å². The minimum absolute atomic E-state index is 0.288. The van der Waals surface area contributed by atoms with Gasteiger partial charge in [-0.25, -0.2) is 4.79 Å². The Bertz CT molecular complexity index is 734. The Morgan fingerprint density at radius 2 is 1.62 bits per heavy atom. The molecule has 0 fully saturated rings. The summed E-state index contributed by atoms with van der Waals surface area (Å²) in [5, 5.41) is 5.53. The Morgan fingerprint density at radius 3 is 2.19 bits per heavy atom. The molecule has 0 unspecified atom stereocenters. The van der Waals surface area contributed by atoms with Crippen LogP contribution in [0.1, 0.15) is 31.9 Å². The van der Waals surface area contributed by atoms with Crippen LogP contribution >= 0.6 is 0 Å². The molecule has 138 valence electrons. The van der Waals surface area contributed by atoms with E-state index in [1.807, 2.05) is 61.5 Å². The number of carbonyl (C=O) groups is 2. The maximum absolute atomic E-state index is 12.7. The van der Waals surface area contributed by atoms with Crippen molar-refractivity contribution in [2.75, 3.05) is 5.32 Å². The first kappa shape index (κ1) is 19.5. The topological polar surface area (TPSA) is 67.4 Å². The minimum atomic E-state index is -0.742. The number of rotatable bonds is 5. The van der Waals surface area contributed by atoms with E-state index in [0.717, 1.165) is 11.1 Å². The number of anilines is 1. The number of nitrogens with one attached hydrogen (secondary N) is 2. The van der Waals surface area contributed by atoms with Crippen LogP contribution in [0, 0.1) is 6.92 Å². The molecule has 1 atom stereocenters. The summed E-state index contributed by atoms with van der Waals surface area (Å²) in [7, 11) is 0. The Morgan fingerprint density at radius 1 is 1.00 bits per heavy atom. The third kappa shape index (κ3) is 6.59. The highest BCUT2D eigenvalue weighted by molar-refractivity contribution is 5.96. The van der Waals surface area contributed by atoms with Crippen molar-refractivity contribution in [1.82, 2.24) is 5.32 Å². The molecule has 0 bridgehead atoms. The van der Waals surface area contributed by atoms with Crippen LogP contribution in [-0.2, 0) is 16.0 Å². The number of alkyl carbamates (subject to hydrolysis) is 1. The summed E-state index contributed by atoms with van der Waals surface area (Å²) in [5.41, 5.74) is 2.11. The van der Waals surface area contributed by atoms with Gasteiger partial charge in [0.25, 0.3) is 0 Å². The summed E-state index contributed by atoms with van der Waals surface area (Å²) in [6.45, 7) is 7.33. The fourth-order valence-corrected chi connectivity index (χ4v) is 2.38. The predicted molar refractivity (Wildman–Crippen MR) is 103 cm³/mol. The number of hydrogen-bond acceptors (Lipinski definition) is 3. The largest absolute Gasteiger partial charge is 0.444 e. The lowest BCUT2D eigenvalue weighted by atomic mass is 10.1. The number of benzene rings is 2. The molecule has 2 amide bonds. The predicted octanol–water partition coefficient (Wildman–Crippen LogP) is 4.07. The van der Waals surface area contributed by atoms with Gasteiger partial charge in [0.15, 0.2) is 0 Å². The number of carbonyl (C=O) groups excluding carboxylic acids is 2. The van der Waals surface area contributed by atoms with Crippen molar-refractivity contribution in [3.8, 4) is 0 Å². The summed E-state index contributed by atoms with van der Waals surface area (Å²) in [6.07, 6.45) is -0.241. The highest BCUT2D eigenvalue weighted by atomic mass is 16.6. The van der Waals surface area contributed by atoms with E-state index in [1.165, 1.54) is 0 Å².